The van der Waals surface area contributed by atoms with Gasteiger partial charge in [0, 0.05) is 24.0 Å². The van der Waals surface area contributed by atoms with Crippen molar-refractivity contribution in [3.8, 4) is 5.75 Å². The number of fused-ring (bicyclic) bond motifs is 4. The van der Waals surface area contributed by atoms with E-state index >= 15 is 0 Å². The van der Waals surface area contributed by atoms with Crippen molar-refractivity contribution in [1.29, 1.82) is 0 Å². The molecule has 3 unspecified atom stereocenters. The molecule has 0 aromatic heterocycles. The molecule has 0 amide bonds. The van der Waals surface area contributed by atoms with Crippen LogP contribution in [0.3, 0.4) is 0 Å². The van der Waals surface area contributed by atoms with Crippen LogP contribution in [-0.2, 0) is 16.6 Å². The molecule has 1 aromatic rings. The van der Waals surface area contributed by atoms with Crippen LogP contribution >= 0.6 is 0 Å². The molecule has 3 aliphatic rings. The van der Waals surface area contributed by atoms with Gasteiger partial charge >= 0.3 is 5.97 Å². The lowest BCUT2D eigenvalue weighted by molar-refractivity contribution is -0.137. The summed E-state index contributed by atoms with van der Waals surface area (Å²) in [6, 6.07) is 7.31. The van der Waals surface area contributed by atoms with Gasteiger partial charge in [0.1, 0.15) is 5.75 Å². The molecule has 1 saturated heterocycles. The van der Waals surface area contributed by atoms with E-state index in [1.807, 2.05) is 19.9 Å². The molecule has 3 atom stereocenters. The van der Waals surface area contributed by atoms with Crippen molar-refractivity contribution >= 4 is 5.97 Å². The highest BCUT2D eigenvalue weighted by molar-refractivity contribution is 5.74. The van der Waals surface area contributed by atoms with Crippen molar-refractivity contribution in [2.75, 3.05) is 20.1 Å². The second-order valence-electron chi connectivity index (χ2n) is 9.04. The molecule has 1 N–H and O–H groups in total. The molecule has 2 aliphatic carbocycles. The SMILES string of the molecule is CNC1C2Cc3ccc(OC(=O)C(C)C)cc3C1(C)CCN2CC1CC1. The molecular weight excluding hydrogens is 324 g/mol. The molecule has 0 radical (unpaired) electrons. The van der Waals surface area contributed by atoms with Crippen LogP contribution in [0.4, 0.5) is 0 Å². The number of esters is 1. The monoisotopic (exact) mass is 356 g/mol. The Balaban J connectivity index is 1.65. The van der Waals surface area contributed by atoms with Gasteiger partial charge < -0.3 is 10.1 Å². The standard InChI is InChI=1S/C22H32N2O2/c1-14(2)21(25)26-17-8-7-16-11-19-20(23-4)22(3,18(16)12-17)9-10-24(19)13-15-5-6-15/h7-8,12,14-15,19-20,23H,5-6,9-11,13H2,1-4H3. The van der Waals surface area contributed by atoms with Gasteiger partial charge in [0.25, 0.3) is 0 Å². The number of carbonyl (C=O) groups excluding carboxylic acids is 1. The van der Waals surface area contributed by atoms with E-state index in [1.165, 1.54) is 37.1 Å². The van der Waals surface area contributed by atoms with Gasteiger partial charge in [-0.2, -0.15) is 0 Å². The molecular formula is C22H32N2O2. The van der Waals surface area contributed by atoms with Gasteiger partial charge in [-0.25, -0.2) is 0 Å². The number of carbonyl (C=O) groups is 1. The van der Waals surface area contributed by atoms with E-state index in [1.54, 1.807) is 0 Å². The molecule has 26 heavy (non-hydrogen) atoms. The van der Waals surface area contributed by atoms with Crippen LogP contribution in [0.25, 0.3) is 0 Å². The number of hydrogen-bond donors (Lipinski definition) is 1. The number of nitrogens with one attached hydrogen (secondary N) is 1. The average Bonchev–Trinajstić information content (AvgIpc) is 3.42. The summed E-state index contributed by atoms with van der Waals surface area (Å²) in [6.07, 6.45) is 5.05. The van der Waals surface area contributed by atoms with Crippen molar-refractivity contribution < 1.29 is 9.53 Å². The van der Waals surface area contributed by atoms with E-state index in [4.69, 9.17) is 4.74 Å². The van der Waals surface area contributed by atoms with Gasteiger partial charge in [-0.05, 0) is 68.5 Å². The van der Waals surface area contributed by atoms with Crippen LogP contribution < -0.4 is 10.1 Å². The van der Waals surface area contributed by atoms with Gasteiger partial charge in [0.2, 0.25) is 0 Å². The van der Waals surface area contributed by atoms with Crippen LogP contribution in [0.1, 0.15) is 51.2 Å². The molecule has 1 saturated carbocycles. The highest BCUT2D eigenvalue weighted by Crippen LogP contribution is 2.46. The zero-order valence-electron chi connectivity index (χ0n) is 16.5. The number of ether oxygens (including phenoxy) is 1. The summed E-state index contributed by atoms with van der Waals surface area (Å²) in [5, 5.41) is 3.64. The maximum atomic E-state index is 12.0. The van der Waals surface area contributed by atoms with E-state index in [9.17, 15) is 4.79 Å². The van der Waals surface area contributed by atoms with Crippen LogP contribution in [-0.4, -0.2) is 43.1 Å². The Labute approximate surface area is 157 Å². The first-order chi connectivity index (χ1) is 12.4. The van der Waals surface area contributed by atoms with E-state index in [2.05, 4.69) is 36.3 Å². The lowest BCUT2D eigenvalue weighted by Crippen LogP contribution is -2.66. The Morgan fingerprint density at radius 2 is 2.15 bits per heavy atom. The first-order valence-electron chi connectivity index (χ1n) is 10.2. The summed E-state index contributed by atoms with van der Waals surface area (Å²) in [4.78, 5) is 14.7. The molecule has 1 aromatic carbocycles. The lowest BCUT2D eigenvalue weighted by atomic mass is 9.61. The summed E-state index contributed by atoms with van der Waals surface area (Å²) in [5.74, 6) is 1.35. The number of piperidine rings is 1. The van der Waals surface area contributed by atoms with Gasteiger partial charge in [-0.15, -0.1) is 0 Å². The van der Waals surface area contributed by atoms with Crippen molar-refractivity contribution in [2.45, 2.75) is 64.0 Å². The quantitative estimate of drug-likeness (QED) is 0.650. The fourth-order valence-electron chi connectivity index (χ4n) is 5.04. The average molecular weight is 357 g/mol. The van der Waals surface area contributed by atoms with Crippen molar-refractivity contribution in [3.05, 3.63) is 29.3 Å². The van der Waals surface area contributed by atoms with Crippen LogP contribution in [0.2, 0.25) is 0 Å². The van der Waals surface area contributed by atoms with Crippen molar-refractivity contribution in [2.24, 2.45) is 11.8 Å². The number of nitrogens with zero attached hydrogens (tertiary/aromatic N) is 1. The third kappa shape index (κ3) is 3.07. The molecule has 1 heterocycles. The molecule has 0 spiro atoms. The Morgan fingerprint density at radius 1 is 1.38 bits per heavy atom. The van der Waals surface area contributed by atoms with Crippen molar-refractivity contribution in [3.63, 3.8) is 0 Å². The summed E-state index contributed by atoms with van der Waals surface area (Å²) >= 11 is 0. The molecule has 4 nitrogen and oxygen atoms in total. The number of likely N-dealkylation sites (tertiary alicyclic amines) is 1. The van der Waals surface area contributed by atoms with E-state index in [-0.39, 0.29) is 17.3 Å². The minimum atomic E-state index is -0.159. The maximum Gasteiger partial charge on any atom is 0.313 e. The number of rotatable bonds is 5. The fraction of sp³-hybridized carbons (Fsp3) is 0.682. The van der Waals surface area contributed by atoms with Gasteiger partial charge in [0.15, 0.2) is 0 Å². The third-order valence-electron chi connectivity index (χ3n) is 6.77. The third-order valence-corrected chi connectivity index (χ3v) is 6.77. The molecule has 4 heteroatoms. The Bertz CT molecular complexity index is 697. The predicted molar refractivity (Wildman–Crippen MR) is 104 cm³/mol. The molecule has 142 valence electrons. The van der Waals surface area contributed by atoms with E-state index < -0.39 is 0 Å². The minimum absolute atomic E-state index is 0.0906. The zero-order valence-corrected chi connectivity index (χ0v) is 16.5. The van der Waals surface area contributed by atoms with Crippen LogP contribution in [0, 0.1) is 11.8 Å². The lowest BCUT2D eigenvalue weighted by Gasteiger charge is -2.55. The summed E-state index contributed by atoms with van der Waals surface area (Å²) < 4.78 is 5.61. The number of likely N-dealkylation sites (N-methyl/N-ethyl adjacent to an activating group) is 1. The predicted octanol–water partition coefficient (Wildman–Crippen LogP) is 3.13. The topological polar surface area (TPSA) is 41.6 Å². The Kier molecular flexibility index (Phi) is 4.60. The zero-order chi connectivity index (χ0) is 18.5. The second kappa shape index (κ2) is 6.65. The number of benzene rings is 1. The molecule has 2 fully saturated rings. The molecule has 2 bridgehead atoms. The smallest absolute Gasteiger partial charge is 0.313 e. The normalized spacial score (nSPS) is 31.0. The van der Waals surface area contributed by atoms with Gasteiger partial charge in [0.05, 0.1) is 5.92 Å². The summed E-state index contributed by atoms with van der Waals surface area (Å²) in [7, 11) is 2.10. The molecule has 4 rings (SSSR count). The van der Waals surface area contributed by atoms with Gasteiger partial charge in [-0.3, -0.25) is 9.69 Å². The number of hydrogen-bond acceptors (Lipinski definition) is 4. The highest BCUT2D eigenvalue weighted by atomic mass is 16.5. The Morgan fingerprint density at radius 3 is 2.81 bits per heavy atom. The summed E-state index contributed by atoms with van der Waals surface area (Å²) in [5.41, 5.74) is 2.88. The molecule has 1 aliphatic heterocycles. The first-order valence-corrected chi connectivity index (χ1v) is 10.2. The Hall–Kier alpha value is -1.39. The largest absolute Gasteiger partial charge is 0.426 e. The summed E-state index contributed by atoms with van der Waals surface area (Å²) in [6.45, 7) is 8.57. The fourth-order valence-corrected chi connectivity index (χ4v) is 5.04. The second-order valence-corrected chi connectivity index (χ2v) is 9.04. The van der Waals surface area contributed by atoms with Crippen LogP contribution in [0.15, 0.2) is 18.2 Å². The van der Waals surface area contributed by atoms with Crippen LogP contribution in [0.5, 0.6) is 5.75 Å². The van der Waals surface area contributed by atoms with Gasteiger partial charge in [-0.1, -0.05) is 26.8 Å². The van der Waals surface area contributed by atoms with Crippen molar-refractivity contribution in [1.82, 2.24) is 10.2 Å². The van der Waals surface area contributed by atoms with E-state index in [0.29, 0.717) is 17.8 Å². The minimum Gasteiger partial charge on any atom is -0.426 e. The van der Waals surface area contributed by atoms with E-state index in [0.717, 1.165) is 18.8 Å². The maximum absolute atomic E-state index is 12.0. The first kappa shape index (κ1) is 18.0. The highest BCUT2D eigenvalue weighted by Gasteiger charge is 2.50.